The van der Waals surface area contributed by atoms with E-state index in [1.54, 1.807) is 6.07 Å². The average Bonchev–Trinajstić information content (AvgIpc) is 2.39. The Morgan fingerprint density at radius 3 is 2.68 bits per heavy atom. The highest BCUT2D eigenvalue weighted by Gasteiger charge is 2.25. The summed E-state index contributed by atoms with van der Waals surface area (Å²) in [7, 11) is 0. The Bertz CT molecular complexity index is 442. The van der Waals surface area contributed by atoms with Gasteiger partial charge in [0.15, 0.2) is 0 Å². The first-order chi connectivity index (χ1) is 9.06. The molecule has 19 heavy (non-hydrogen) atoms. The topological polar surface area (TPSA) is 55.1 Å². The van der Waals surface area contributed by atoms with Crippen molar-refractivity contribution in [3.63, 3.8) is 0 Å². The van der Waals surface area contributed by atoms with E-state index in [1.165, 1.54) is 12.1 Å². The molecule has 1 aliphatic rings. The monoisotopic (exact) mass is 264 g/mol. The molecule has 3 N–H and O–H groups in total. The summed E-state index contributed by atoms with van der Waals surface area (Å²) in [5.74, 6) is -0.165. The van der Waals surface area contributed by atoms with Crippen molar-refractivity contribution in [2.24, 2.45) is 11.7 Å². The van der Waals surface area contributed by atoms with Crippen molar-refractivity contribution in [1.29, 1.82) is 0 Å². The molecule has 0 aromatic heterocycles. The fourth-order valence-corrected chi connectivity index (χ4v) is 2.57. The number of carbonyl (C=O) groups is 1. The van der Waals surface area contributed by atoms with E-state index >= 15 is 0 Å². The van der Waals surface area contributed by atoms with Crippen molar-refractivity contribution in [3.8, 4) is 0 Å². The van der Waals surface area contributed by atoms with Crippen LogP contribution >= 0.6 is 0 Å². The zero-order chi connectivity index (χ0) is 13.8. The highest BCUT2D eigenvalue weighted by atomic mass is 19.1. The van der Waals surface area contributed by atoms with Crippen LogP contribution in [0.5, 0.6) is 0 Å². The minimum absolute atomic E-state index is 0.0517. The molecule has 3 nitrogen and oxygen atoms in total. The summed E-state index contributed by atoms with van der Waals surface area (Å²) in [5, 5.41) is 2.96. The first kappa shape index (κ1) is 14.0. The summed E-state index contributed by atoms with van der Waals surface area (Å²) in [6.07, 6.45) is 3.52. The van der Waals surface area contributed by atoms with Gasteiger partial charge in [-0.1, -0.05) is 12.1 Å². The van der Waals surface area contributed by atoms with Gasteiger partial charge in [0.25, 0.3) is 0 Å². The summed E-state index contributed by atoms with van der Waals surface area (Å²) in [6.45, 7) is 1.88. The van der Waals surface area contributed by atoms with E-state index in [1.807, 2.05) is 13.0 Å². The Balaban J connectivity index is 1.91. The molecule has 1 unspecified atom stereocenters. The maximum Gasteiger partial charge on any atom is 0.223 e. The normalized spacial score (nSPS) is 24.8. The van der Waals surface area contributed by atoms with Gasteiger partial charge in [0, 0.05) is 12.0 Å². The maximum atomic E-state index is 13.1. The van der Waals surface area contributed by atoms with Gasteiger partial charge in [-0.2, -0.15) is 0 Å². The van der Waals surface area contributed by atoms with Crippen LogP contribution in [0.25, 0.3) is 0 Å². The first-order valence-corrected chi connectivity index (χ1v) is 6.87. The van der Waals surface area contributed by atoms with Gasteiger partial charge in [0.05, 0.1) is 6.04 Å². The van der Waals surface area contributed by atoms with Crippen molar-refractivity contribution >= 4 is 5.91 Å². The fourth-order valence-electron chi connectivity index (χ4n) is 2.57. The highest BCUT2D eigenvalue weighted by molar-refractivity contribution is 5.79. The Labute approximate surface area is 113 Å². The van der Waals surface area contributed by atoms with Crippen molar-refractivity contribution in [3.05, 3.63) is 35.6 Å². The fraction of sp³-hybridized carbons (Fsp3) is 0.533. The second kappa shape index (κ2) is 6.15. The summed E-state index contributed by atoms with van der Waals surface area (Å²) >= 11 is 0. The molecule has 1 fully saturated rings. The van der Waals surface area contributed by atoms with Crippen LogP contribution in [0.3, 0.4) is 0 Å². The molecule has 1 atom stereocenters. The molecule has 2 rings (SSSR count). The summed E-state index contributed by atoms with van der Waals surface area (Å²) < 4.78 is 13.1. The average molecular weight is 264 g/mol. The van der Waals surface area contributed by atoms with Crippen molar-refractivity contribution < 1.29 is 9.18 Å². The molecule has 0 spiro atoms. The molecule has 1 amide bonds. The van der Waals surface area contributed by atoms with E-state index < -0.39 is 0 Å². The maximum absolute atomic E-state index is 13.1. The predicted octanol–water partition coefficient (Wildman–Crippen LogP) is 2.52. The van der Waals surface area contributed by atoms with Crippen LogP contribution in [-0.4, -0.2) is 11.9 Å². The zero-order valence-electron chi connectivity index (χ0n) is 11.2. The molecular weight excluding hydrogens is 243 g/mol. The molecule has 1 aromatic carbocycles. The van der Waals surface area contributed by atoms with Gasteiger partial charge in [-0.05, 0) is 50.3 Å². The Kier molecular flexibility index (Phi) is 4.53. The number of amides is 1. The minimum Gasteiger partial charge on any atom is -0.349 e. The summed E-state index contributed by atoms with van der Waals surface area (Å²) in [5.41, 5.74) is 6.63. The number of hydrogen-bond acceptors (Lipinski definition) is 2. The number of rotatable bonds is 3. The molecule has 0 radical (unpaired) electrons. The SMILES string of the molecule is CC(NC(=O)C1CCC(N)CC1)c1cccc(F)c1. The molecule has 1 saturated carbocycles. The van der Waals surface area contributed by atoms with Gasteiger partial charge in [-0.15, -0.1) is 0 Å². The molecular formula is C15H21FN2O. The van der Waals surface area contributed by atoms with Gasteiger partial charge in [-0.3, -0.25) is 4.79 Å². The Morgan fingerprint density at radius 1 is 1.37 bits per heavy atom. The van der Waals surface area contributed by atoms with Crippen molar-refractivity contribution in [1.82, 2.24) is 5.32 Å². The number of nitrogens with two attached hydrogens (primary N) is 1. The number of benzene rings is 1. The third-order valence-electron chi connectivity index (χ3n) is 3.85. The van der Waals surface area contributed by atoms with E-state index in [4.69, 9.17) is 5.73 Å². The number of hydrogen-bond donors (Lipinski definition) is 2. The lowest BCUT2D eigenvalue weighted by Crippen LogP contribution is -2.37. The van der Waals surface area contributed by atoms with Crippen LogP contribution in [-0.2, 0) is 4.79 Å². The summed E-state index contributed by atoms with van der Waals surface area (Å²) in [4.78, 5) is 12.1. The zero-order valence-corrected chi connectivity index (χ0v) is 11.2. The molecule has 0 bridgehead atoms. The molecule has 1 aliphatic carbocycles. The Morgan fingerprint density at radius 2 is 2.05 bits per heavy atom. The third kappa shape index (κ3) is 3.77. The van der Waals surface area contributed by atoms with E-state index in [2.05, 4.69) is 5.32 Å². The lowest BCUT2D eigenvalue weighted by molar-refractivity contribution is -0.126. The summed E-state index contributed by atoms with van der Waals surface area (Å²) in [6, 6.07) is 6.42. The van der Waals surface area contributed by atoms with Crippen LogP contribution < -0.4 is 11.1 Å². The quantitative estimate of drug-likeness (QED) is 0.881. The standard InChI is InChI=1S/C15H21FN2O/c1-10(12-3-2-4-13(16)9-12)18-15(19)11-5-7-14(17)8-6-11/h2-4,9-11,14H,5-8,17H2,1H3,(H,18,19). The van der Waals surface area contributed by atoms with Crippen LogP contribution in [0.2, 0.25) is 0 Å². The van der Waals surface area contributed by atoms with E-state index in [0.29, 0.717) is 0 Å². The lowest BCUT2D eigenvalue weighted by atomic mass is 9.85. The van der Waals surface area contributed by atoms with E-state index in [-0.39, 0.29) is 29.7 Å². The number of carbonyl (C=O) groups excluding carboxylic acids is 1. The van der Waals surface area contributed by atoms with Gasteiger partial charge in [-0.25, -0.2) is 4.39 Å². The smallest absolute Gasteiger partial charge is 0.223 e. The van der Waals surface area contributed by atoms with Crippen LogP contribution in [0.1, 0.15) is 44.2 Å². The van der Waals surface area contributed by atoms with Gasteiger partial charge in [0.1, 0.15) is 5.82 Å². The Hall–Kier alpha value is -1.42. The molecule has 4 heteroatoms. The lowest BCUT2D eigenvalue weighted by Gasteiger charge is -2.26. The molecule has 1 aromatic rings. The van der Waals surface area contributed by atoms with E-state index in [0.717, 1.165) is 31.2 Å². The third-order valence-corrected chi connectivity index (χ3v) is 3.85. The molecule has 0 aliphatic heterocycles. The van der Waals surface area contributed by atoms with Gasteiger partial charge < -0.3 is 11.1 Å². The largest absolute Gasteiger partial charge is 0.349 e. The first-order valence-electron chi connectivity index (χ1n) is 6.87. The van der Waals surface area contributed by atoms with Gasteiger partial charge in [0.2, 0.25) is 5.91 Å². The van der Waals surface area contributed by atoms with Crippen LogP contribution in [0.4, 0.5) is 4.39 Å². The second-order valence-electron chi connectivity index (χ2n) is 5.40. The van der Waals surface area contributed by atoms with Crippen molar-refractivity contribution in [2.75, 3.05) is 0 Å². The van der Waals surface area contributed by atoms with Crippen molar-refractivity contribution in [2.45, 2.75) is 44.7 Å². The highest BCUT2D eigenvalue weighted by Crippen LogP contribution is 2.24. The van der Waals surface area contributed by atoms with Crippen LogP contribution in [0.15, 0.2) is 24.3 Å². The van der Waals surface area contributed by atoms with Gasteiger partial charge >= 0.3 is 0 Å². The number of halogens is 1. The van der Waals surface area contributed by atoms with Crippen LogP contribution in [0, 0.1) is 11.7 Å². The molecule has 0 saturated heterocycles. The molecule has 0 heterocycles. The minimum atomic E-state index is -0.276. The van der Waals surface area contributed by atoms with E-state index in [9.17, 15) is 9.18 Å². The number of nitrogens with one attached hydrogen (secondary N) is 1. The molecule has 104 valence electrons. The second-order valence-corrected chi connectivity index (χ2v) is 5.40. The predicted molar refractivity (Wildman–Crippen MR) is 72.9 cm³/mol.